The number of hydrogen-bond donors (Lipinski definition) is 0. The van der Waals surface area contributed by atoms with Crippen molar-refractivity contribution in [1.29, 1.82) is 0 Å². The van der Waals surface area contributed by atoms with Crippen molar-refractivity contribution in [2.45, 2.75) is 54.9 Å². The summed E-state index contributed by atoms with van der Waals surface area (Å²) >= 11 is 0. The van der Waals surface area contributed by atoms with E-state index >= 15 is 0 Å². The van der Waals surface area contributed by atoms with Gasteiger partial charge in [-0.1, -0.05) is 36.1 Å². The zero-order valence-electron chi connectivity index (χ0n) is 23.7. The minimum absolute atomic E-state index is 0. The van der Waals surface area contributed by atoms with Crippen molar-refractivity contribution in [1.82, 2.24) is 4.98 Å². The Hall–Kier alpha value is -3.12. The summed E-state index contributed by atoms with van der Waals surface area (Å²) in [5.74, 6) is -0.337. The summed E-state index contributed by atoms with van der Waals surface area (Å²) in [6, 6.07) is 17.6. The fourth-order valence-electron chi connectivity index (χ4n) is 3.91. The van der Waals surface area contributed by atoms with Crippen molar-refractivity contribution < 1.29 is 21.6 Å². The Morgan fingerprint density at radius 3 is 2.14 bits per heavy atom. The Morgan fingerprint density at radius 1 is 0.929 bits per heavy atom. The lowest BCUT2D eigenvalue weighted by Crippen LogP contribution is -2.23. The van der Waals surface area contributed by atoms with Gasteiger partial charge in [-0.25, -0.2) is 8.42 Å². The van der Waals surface area contributed by atoms with E-state index in [9.17, 15) is 21.6 Å². The summed E-state index contributed by atoms with van der Waals surface area (Å²) in [7, 11) is -5.71. The highest BCUT2D eigenvalue weighted by Gasteiger charge is 2.16. The van der Waals surface area contributed by atoms with E-state index in [0.717, 1.165) is 37.6 Å². The lowest BCUT2D eigenvalue weighted by Gasteiger charge is -2.15. The van der Waals surface area contributed by atoms with Crippen molar-refractivity contribution in [2.75, 3.05) is 18.2 Å². The van der Waals surface area contributed by atoms with Crippen molar-refractivity contribution in [3.05, 3.63) is 90.3 Å². The van der Waals surface area contributed by atoms with Gasteiger partial charge in [-0.05, 0) is 85.9 Å². The van der Waals surface area contributed by atoms with E-state index in [4.69, 9.17) is 0 Å². The lowest BCUT2D eigenvalue weighted by atomic mass is 10.0. The molecular weight excluding hydrogens is 619 g/mol. The third kappa shape index (κ3) is 11.3. The van der Waals surface area contributed by atoms with Crippen LogP contribution in [0.1, 0.15) is 43.9 Å². The number of rotatable bonds is 13. The molecule has 1 aromatic heterocycles. The number of amides is 1. The second kappa shape index (κ2) is 17.1. The van der Waals surface area contributed by atoms with E-state index in [1.54, 1.807) is 31.5 Å². The largest absolute Gasteiger partial charge is 0.312 e. The predicted octanol–water partition coefficient (Wildman–Crippen LogP) is 6.34. The van der Waals surface area contributed by atoms with Gasteiger partial charge in [0.25, 0.3) is 15.9 Å². The number of nitrogens with zero attached hydrogens (tertiary/aromatic N) is 4. The SMILES string of the molecule is CCCC(CCCc1ccccn1)N=NS(=O)(=O)c1ccc(N(C)C(=O)/C=C/c2ccc(S(C)(=O)=O)cc2)cc1.Cl.Cl. The molecule has 0 saturated carbocycles. The maximum absolute atomic E-state index is 12.8. The molecule has 0 N–H and O–H groups in total. The summed E-state index contributed by atoms with van der Waals surface area (Å²) in [5, 5.41) is 4.16. The zero-order valence-corrected chi connectivity index (χ0v) is 26.9. The Kier molecular flexibility index (Phi) is 15.0. The Morgan fingerprint density at radius 2 is 1.57 bits per heavy atom. The number of aryl methyl sites for hydroxylation is 1. The maximum atomic E-state index is 12.8. The summed E-state index contributed by atoms with van der Waals surface area (Å²) in [6.07, 6.45) is 9.76. The lowest BCUT2D eigenvalue weighted by molar-refractivity contribution is -0.113. The van der Waals surface area contributed by atoms with E-state index in [0.29, 0.717) is 17.7 Å². The average Bonchev–Trinajstić information content (AvgIpc) is 2.94. The number of aromatic nitrogens is 1. The average molecular weight is 656 g/mol. The Balaban J connectivity index is 0.00000441. The minimum atomic E-state index is -3.99. The number of likely N-dealkylation sites (N-methyl/N-ethyl adjacent to an activating group) is 1. The van der Waals surface area contributed by atoms with Gasteiger partial charge in [-0.2, -0.15) is 13.5 Å². The Bertz CT molecular complexity index is 1550. The van der Waals surface area contributed by atoms with Crippen LogP contribution in [0, 0.1) is 0 Å². The van der Waals surface area contributed by atoms with Crippen LogP contribution < -0.4 is 4.90 Å². The number of pyridine rings is 1. The molecule has 0 saturated heterocycles. The predicted molar refractivity (Wildman–Crippen MR) is 171 cm³/mol. The molecule has 0 aliphatic rings. The second-order valence-electron chi connectivity index (χ2n) is 9.39. The van der Waals surface area contributed by atoms with Crippen molar-refractivity contribution in [3.8, 4) is 0 Å². The number of sulfone groups is 1. The molecule has 42 heavy (non-hydrogen) atoms. The van der Waals surface area contributed by atoms with Crippen LogP contribution >= 0.6 is 24.8 Å². The maximum Gasteiger partial charge on any atom is 0.299 e. The van der Waals surface area contributed by atoms with Crippen molar-refractivity contribution in [3.63, 3.8) is 0 Å². The second-order valence-corrected chi connectivity index (χ2v) is 13.0. The molecule has 2 aromatic carbocycles. The standard InChI is InChI=1S/C29H34N4O5S2.2ClH/c1-4-8-25(11-7-10-24-9-5-6-22-30-24)31-32-40(37,38)28-19-15-26(16-20-28)33(2)29(34)21-14-23-12-17-27(18-13-23)39(3,35)36;;/h5-6,9,12-22,25H,4,7-8,10-11H2,1-3H3;2*1H/b21-14+,32-31?;;. The normalized spacial score (nSPS) is 12.5. The van der Waals surface area contributed by atoms with Gasteiger partial charge in [0.15, 0.2) is 9.84 Å². The molecule has 3 rings (SSSR count). The number of carbonyl (C=O) groups excluding carboxylic acids is 1. The molecule has 1 heterocycles. The molecule has 228 valence electrons. The molecule has 9 nitrogen and oxygen atoms in total. The number of carbonyl (C=O) groups is 1. The van der Waals surface area contributed by atoms with Crippen LogP contribution in [0.2, 0.25) is 0 Å². The van der Waals surface area contributed by atoms with Crippen molar-refractivity contribution in [2.24, 2.45) is 9.63 Å². The van der Waals surface area contributed by atoms with Crippen LogP contribution in [-0.2, 0) is 31.1 Å². The van der Waals surface area contributed by atoms with Crippen LogP contribution in [0.5, 0.6) is 0 Å². The third-order valence-corrected chi connectivity index (χ3v) is 8.52. The van der Waals surface area contributed by atoms with Crippen LogP contribution in [-0.4, -0.2) is 47.1 Å². The quantitative estimate of drug-likeness (QED) is 0.156. The molecule has 0 bridgehead atoms. The molecule has 3 aromatic rings. The molecule has 0 aliphatic heterocycles. The first-order valence-electron chi connectivity index (χ1n) is 12.9. The minimum Gasteiger partial charge on any atom is -0.312 e. The monoisotopic (exact) mass is 654 g/mol. The van der Waals surface area contributed by atoms with Crippen molar-refractivity contribution >= 4 is 62.3 Å². The van der Waals surface area contributed by atoms with Gasteiger partial charge in [-0.3, -0.25) is 9.78 Å². The van der Waals surface area contributed by atoms with Crippen LogP contribution in [0.15, 0.2) is 98.4 Å². The van der Waals surface area contributed by atoms with E-state index in [1.807, 2.05) is 25.1 Å². The zero-order chi connectivity index (χ0) is 29.2. The van der Waals surface area contributed by atoms with Gasteiger partial charge in [0.05, 0.1) is 15.8 Å². The van der Waals surface area contributed by atoms with Gasteiger partial charge < -0.3 is 4.90 Å². The smallest absolute Gasteiger partial charge is 0.299 e. The number of benzene rings is 2. The number of halogens is 2. The van der Waals surface area contributed by atoms with Gasteiger partial charge in [-0.15, -0.1) is 24.8 Å². The van der Waals surface area contributed by atoms with Crippen LogP contribution in [0.4, 0.5) is 5.69 Å². The highest BCUT2D eigenvalue weighted by molar-refractivity contribution is 7.90. The molecule has 1 atom stereocenters. The van der Waals surface area contributed by atoms with E-state index in [2.05, 4.69) is 14.6 Å². The van der Waals surface area contributed by atoms with E-state index in [-0.39, 0.29) is 46.6 Å². The topological polar surface area (TPSA) is 126 Å². The highest BCUT2D eigenvalue weighted by Crippen LogP contribution is 2.21. The molecule has 0 radical (unpaired) electrons. The molecular formula is C29H36Cl2N4O5S2. The first-order chi connectivity index (χ1) is 19.0. The number of sulfonamides is 1. The highest BCUT2D eigenvalue weighted by atomic mass is 35.5. The van der Waals surface area contributed by atoms with E-state index < -0.39 is 19.9 Å². The fraction of sp³-hybridized carbons (Fsp3) is 0.310. The summed E-state index contributed by atoms with van der Waals surface area (Å²) < 4.78 is 52.5. The van der Waals surface area contributed by atoms with E-state index in [1.165, 1.54) is 47.4 Å². The molecule has 0 aliphatic carbocycles. The summed E-state index contributed by atoms with van der Waals surface area (Å²) in [6.45, 7) is 2.02. The number of hydrogen-bond acceptors (Lipinski definition) is 7. The van der Waals surface area contributed by atoms with Gasteiger partial charge in [0.2, 0.25) is 0 Å². The summed E-state index contributed by atoms with van der Waals surface area (Å²) in [5.41, 5.74) is 2.15. The van der Waals surface area contributed by atoms with Crippen LogP contribution in [0.3, 0.4) is 0 Å². The first kappa shape index (κ1) is 36.9. The Labute approximate surface area is 261 Å². The molecule has 1 amide bonds. The first-order valence-corrected chi connectivity index (χ1v) is 16.3. The van der Waals surface area contributed by atoms with Gasteiger partial charge in [0, 0.05) is 37.0 Å². The third-order valence-electron chi connectivity index (χ3n) is 6.22. The molecule has 1 unspecified atom stereocenters. The number of anilines is 1. The van der Waals surface area contributed by atoms with Gasteiger partial charge >= 0.3 is 0 Å². The summed E-state index contributed by atoms with van der Waals surface area (Å²) in [4.78, 5) is 18.5. The van der Waals surface area contributed by atoms with Crippen LogP contribution in [0.25, 0.3) is 6.08 Å². The fourth-order valence-corrected chi connectivity index (χ4v) is 5.37. The molecule has 0 spiro atoms. The molecule has 13 heteroatoms. The molecule has 0 fully saturated rings. The van der Waals surface area contributed by atoms with Gasteiger partial charge in [0.1, 0.15) is 0 Å².